The summed E-state index contributed by atoms with van der Waals surface area (Å²) in [5.74, 6) is 0.481. The standard InChI is InChI=1S/C23H18FNO4S/c1-28-23-14-18(9-12-22(23)29-16-17-7-10-19(24)11-8-17)13-21(15-25)30(26,27)20-5-3-2-4-6-20/h2-14H,16H2,1H3/b21-13+. The first kappa shape index (κ1) is 21.1. The molecule has 0 saturated heterocycles. The van der Waals surface area contributed by atoms with Crippen LogP contribution in [0.3, 0.4) is 0 Å². The second-order valence-corrected chi connectivity index (χ2v) is 8.18. The van der Waals surface area contributed by atoms with Gasteiger partial charge in [-0.1, -0.05) is 36.4 Å². The van der Waals surface area contributed by atoms with Crippen molar-refractivity contribution in [1.29, 1.82) is 5.26 Å². The van der Waals surface area contributed by atoms with Crippen molar-refractivity contribution in [2.24, 2.45) is 0 Å². The molecular formula is C23H18FNO4S. The average molecular weight is 423 g/mol. The molecule has 3 aromatic rings. The lowest BCUT2D eigenvalue weighted by molar-refractivity contribution is 0.284. The van der Waals surface area contributed by atoms with Gasteiger partial charge >= 0.3 is 0 Å². The highest BCUT2D eigenvalue weighted by atomic mass is 32.2. The van der Waals surface area contributed by atoms with Gasteiger partial charge in [-0.3, -0.25) is 0 Å². The molecule has 3 aromatic carbocycles. The highest BCUT2D eigenvalue weighted by molar-refractivity contribution is 7.95. The molecular weight excluding hydrogens is 405 g/mol. The number of hydrogen-bond acceptors (Lipinski definition) is 5. The quantitative estimate of drug-likeness (QED) is 0.513. The summed E-state index contributed by atoms with van der Waals surface area (Å²) in [6, 6.07) is 20.3. The molecule has 0 bridgehead atoms. The van der Waals surface area contributed by atoms with Gasteiger partial charge in [0.25, 0.3) is 0 Å². The third kappa shape index (κ3) is 4.85. The Bertz CT molecular complexity index is 1200. The van der Waals surface area contributed by atoms with Crippen molar-refractivity contribution in [3.05, 3.63) is 94.6 Å². The molecule has 0 radical (unpaired) electrons. The van der Waals surface area contributed by atoms with Gasteiger partial charge < -0.3 is 9.47 Å². The predicted octanol–water partition coefficient (Wildman–Crippen LogP) is 4.75. The Hall–Kier alpha value is -3.63. The molecule has 0 aliphatic heterocycles. The first-order chi connectivity index (χ1) is 14.4. The van der Waals surface area contributed by atoms with Crippen LogP contribution in [0.2, 0.25) is 0 Å². The molecule has 0 unspecified atom stereocenters. The minimum atomic E-state index is -3.93. The van der Waals surface area contributed by atoms with Gasteiger partial charge in [0.2, 0.25) is 9.84 Å². The van der Waals surface area contributed by atoms with E-state index in [9.17, 15) is 18.1 Å². The van der Waals surface area contributed by atoms with E-state index in [2.05, 4.69) is 0 Å². The largest absolute Gasteiger partial charge is 0.493 e. The van der Waals surface area contributed by atoms with Crippen molar-refractivity contribution in [2.45, 2.75) is 11.5 Å². The van der Waals surface area contributed by atoms with Gasteiger partial charge in [-0.15, -0.1) is 0 Å². The molecule has 0 amide bonds. The second-order valence-electron chi connectivity index (χ2n) is 6.26. The fourth-order valence-corrected chi connectivity index (χ4v) is 3.86. The zero-order chi connectivity index (χ0) is 21.6. The van der Waals surface area contributed by atoms with Gasteiger partial charge in [-0.2, -0.15) is 5.26 Å². The maximum Gasteiger partial charge on any atom is 0.216 e. The minimum absolute atomic E-state index is 0.0454. The molecule has 0 aliphatic carbocycles. The second kappa shape index (κ2) is 9.25. The Kier molecular flexibility index (Phi) is 6.50. The normalized spacial score (nSPS) is 11.6. The number of allylic oxidation sites excluding steroid dienone is 1. The molecule has 0 fully saturated rings. The van der Waals surface area contributed by atoms with E-state index >= 15 is 0 Å². The summed E-state index contributed by atoms with van der Waals surface area (Å²) >= 11 is 0. The number of methoxy groups -OCH3 is 1. The van der Waals surface area contributed by atoms with Gasteiger partial charge in [0, 0.05) is 0 Å². The zero-order valence-electron chi connectivity index (χ0n) is 16.1. The van der Waals surface area contributed by atoms with E-state index in [4.69, 9.17) is 9.47 Å². The van der Waals surface area contributed by atoms with Crippen molar-refractivity contribution >= 4 is 15.9 Å². The molecule has 0 N–H and O–H groups in total. The molecule has 0 spiro atoms. The van der Waals surface area contributed by atoms with E-state index in [1.807, 2.05) is 0 Å². The summed E-state index contributed by atoms with van der Waals surface area (Å²) in [6.45, 7) is 0.206. The molecule has 0 aromatic heterocycles. The summed E-state index contributed by atoms with van der Waals surface area (Å²) in [7, 11) is -2.47. The summed E-state index contributed by atoms with van der Waals surface area (Å²) < 4.78 is 49.5. The lowest BCUT2D eigenvalue weighted by Crippen LogP contribution is -2.03. The molecule has 0 saturated carbocycles. The highest BCUT2D eigenvalue weighted by Crippen LogP contribution is 2.30. The van der Waals surface area contributed by atoms with Crippen LogP contribution in [-0.4, -0.2) is 15.5 Å². The van der Waals surface area contributed by atoms with Crippen molar-refractivity contribution in [3.63, 3.8) is 0 Å². The van der Waals surface area contributed by atoms with Gasteiger partial charge in [-0.25, -0.2) is 12.8 Å². The summed E-state index contributed by atoms with van der Waals surface area (Å²) in [5.41, 5.74) is 1.25. The van der Waals surface area contributed by atoms with Crippen molar-refractivity contribution < 1.29 is 22.3 Å². The van der Waals surface area contributed by atoms with Gasteiger partial charge in [-0.05, 0) is 53.6 Å². The van der Waals surface area contributed by atoms with Crippen LogP contribution in [0, 0.1) is 17.1 Å². The van der Waals surface area contributed by atoms with Crippen LogP contribution in [-0.2, 0) is 16.4 Å². The highest BCUT2D eigenvalue weighted by Gasteiger charge is 2.20. The van der Waals surface area contributed by atoms with Crippen LogP contribution in [0.25, 0.3) is 6.08 Å². The Balaban J connectivity index is 1.86. The maximum absolute atomic E-state index is 13.0. The van der Waals surface area contributed by atoms with E-state index in [0.717, 1.165) is 5.56 Å². The maximum atomic E-state index is 13.0. The molecule has 152 valence electrons. The molecule has 30 heavy (non-hydrogen) atoms. The van der Waals surface area contributed by atoms with Crippen LogP contribution in [0.15, 0.2) is 82.6 Å². The summed E-state index contributed by atoms with van der Waals surface area (Å²) in [6.07, 6.45) is 1.29. The monoisotopic (exact) mass is 423 g/mol. The Morgan fingerprint density at radius 3 is 2.37 bits per heavy atom. The Morgan fingerprint density at radius 2 is 1.73 bits per heavy atom. The number of ether oxygens (including phenoxy) is 2. The smallest absolute Gasteiger partial charge is 0.216 e. The van der Waals surface area contributed by atoms with Gasteiger partial charge in [0.1, 0.15) is 23.4 Å². The number of hydrogen-bond donors (Lipinski definition) is 0. The number of rotatable bonds is 7. The van der Waals surface area contributed by atoms with E-state index in [1.165, 1.54) is 37.5 Å². The van der Waals surface area contributed by atoms with Crippen molar-refractivity contribution in [3.8, 4) is 17.6 Å². The molecule has 7 heteroatoms. The topological polar surface area (TPSA) is 76.4 Å². The molecule has 0 aliphatic rings. The van der Waals surface area contributed by atoms with E-state index in [0.29, 0.717) is 17.1 Å². The lowest BCUT2D eigenvalue weighted by Gasteiger charge is -2.12. The van der Waals surface area contributed by atoms with Crippen LogP contribution in [0.4, 0.5) is 4.39 Å². The summed E-state index contributed by atoms with van der Waals surface area (Å²) in [5, 5.41) is 9.42. The average Bonchev–Trinajstić information content (AvgIpc) is 2.77. The van der Waals surface area contributed by atoms with E-state index < -0.39 is 9.84 Å². The molecule has 5 nitrogen and oxygen atoms in total. The van der Waals surface area contributed by atoms with Crippen LogP contribution >= 0.6 is 0 Å². The third-order valence-electron chi connectivity index (χ3n) is 4.25. The SMILES string of the molecule is COc1cc(/C=C(\C#N)S(=O)(=O)c2ccccc2)ccc1OCc1ccc(F)cc1. The van der Waals surface area contributed by atoms with Crippen LogP contribution < -0.4 is 9.47 Å². The minimum Gasteiger partial charge on any atom is -0.493 e. The predicted molar refractivity (Wildman–Crippen MR) is 111 cm³/mol. The van der Waals surface area contributed by atoms with Crippen LogP contribution in [0.1, 0.15) is 11.1 Å². The fraction of sp³-hybridized carbons (Fsp3) is 0.0870. The summed E-state index contributed by atoms with van der Waals surface area (Å²) in [4.78, 5) is -0.334. The third-order valence-corrected chi connectivity index (χ3v) is 5.93. The molecule has 0 heterocycles. The Morgan fingerprint density at radius 1 is 1.03 bits per heavy atom. The first-order valence-electron chi connectivity index (χ1n) is 8.91. The van der Waals surface area contributed by atoms with Crippen molar-refractivity contribution in [1.82, 2.24) is 0 Å². The van der Waals surface area contributed by atoms with Crippen LogP contribution in [0.5, 0.6) is 11.5 Å². The van der Waals surface area contributed by atoms with E-state index in [-0.39, 0.29) is 22.2 Å². The number of sulfone groups is 1. The Labute approximate surface area is 174 Å². The van der Waals surface area contributed by atoms with E-state index in [1.54, 1.807) is 54.6 Å². The lowest BCUT2D eigenvalue weighted by atomic mass is 10.2. The zero-order valence-corrected chi connectivity index (χ0v) is 16.9. The molecule has 3 rings (SSSR count). The number of nitrogens with zero attached hydrogens (tertiary/aromatic N) is 1. The number of halogens is 1. The first-order valence-corrected chi connectivity index (χ1v) is 10.4. The van der Waals surface area contributed by atoms with Gasteiger partial charge in [0.15, 0.2) is 11.5 Å². The van der Waals surface area contributed by atoms with Crippen molar-refractivity contribution in [2.75, 3.05) is 7.11 Å². The fourth-order valence-electron chi connectivity index (χ4n) is 2.68. The number of benzene rings is 3. The molecule has 0 atom stereocenters. The number of nitriles is 1. The van der Waals surface area contributed by atoms with Gasteiger partial charge in [0.05, 0.1) is 12.0 Å².